The zero-order valence-electron chi connectivity index (χ0n) is 6.87. The van der Waals surface area contributed by atoms with Crippen LogP contribution in [0.2, 0.25) is 0 Å². The van der Waals surface area contributed by atoms with Crippen LogP contribution in [0, 0.1) is 6.92 Å². The predicted molar refractivity (Wildman–Crippen MR) is 41.6 cm³/mol. The van der Waals surface area contributed by atoms with Crippen molar-refractivity contribution in [3.05, 3.63) is 6.92 Å². The van der Waals surface area contributed by atoms with Crippen LogP contribution in [0.3, 0.4) is 0 Å². The summed E-state index contributed by atoms with van der Waals surface area (Å²) >= 11 is 0. The van der Waals surface area contributed by atoms with Crippen LogP contribution in [0.4, 0.5) is 4.79 Å². The van der Waals surface area contributed by atoms with Gasteiger partial charge >= 0.3 is 12.1 Å². The lowest BCUT2D eigenvalue weighted by Crippen LogP contribution is -2.40. The van der Waals surface area contributed by atoms with Gasteiger partial charge in [0.2, 0.25) is 0 Å². The fourth-order valence-corrected chi connectivity index (χ4v) is 0.572. The summed E-state index contributed by atoms with van der Waals surface area (Å²) in [6.45, 7) is 5.23. The molecule has 0 rings (SSSR count). The average Bonchev–Trinajstić information content (AvgIpc) is 2.00. The molecular weight excluding hydrogens is 162 g/mol. The van der Waals surface area contributed by atoms with Gasteiger partial charge in [-0.15, -0.1) is 0 Å². The van der Waals surface area contributed by atoms with Gasteiger partial charge in [-0.25, -0.2) is 9.59 Å². The molecule has 1 unspecified atom stereocenters. The number of rotatable bonds is 4. The quantitative estimate of drug-likeness (QED) is 0.647. The maximum atomic E-state index is 10.7. The lowest BCUT2D eigenvalue weighted by molar-refractivity contribution is -0.139. The number of nitrogens with one attached hydrogen (secondary N) is 1. The van der Waals surface area contributed by atoms with Gasteiger partial charge in [-0.1, -0.05) is 6.92 Å². The molecule has 0 aromatic heterocycles. The molecule has 0 saturated heterocycles. The van der Waals surface area contributed by atoms with Crippen LogP contribution in [-0.2, 0) is 9.53 Å². The Hall–Kier alpha value is -1.26. The van der Waals surface area contributed by atoms with Crippen molar-refractivity contribution in [2.45, 2.75) is 19.4 Å². The van der Waals surface area contributed by atoms with Gasteiger partial charge in [0.05, 0.1) is 6.61 Å². The molecule has 5 heteroatoms. The third kappa shape index (κ3) is 3.80. The van der Waals surface area contributed by atoms with Gasteiger partial charge in [0.25, 0.3) is 0 Å². The van der Waals surface area contributed by atoms with Crippen molar-refractivity contribution in [2.75, 3.05) is 6.61 Å². The first-order chi connectivity index (χ1) is 5.61. The zero-order valence-corrected chi connectivity index (χ0v) is 6.87. The van der Waals surface area contributed by atoms with E-state index in [1.54, 1.807) is 6.92 Å². The number of carboxylic acids is 1. The minimum absolute atomic E-state index is 0.0914. The van der Waals surface area contributed by atoms with Crippen LogP contribution in [-0.4, -0.2) is 29.8 Å². The Morgan fingerprint density at radius 2 is 2.25 bits per heavy atom. The van der Waals surface area contributed by atoms with Crippen LogP contribution in [0.1, 0.15) is 13.3 Å². The maximum Gasteiger partial charge on any atom is 0.407 e. The van der Waals surface area contributed by atoms with E-state index in [4.69, 9.17) is 5.11 Å². The molecule has 0 saturated carbocycles. The maximum absolute atomic E-state index is 10.7. The largest absolute Gasteiger partial charge is 0.480 e. The molecule has 0 aromatic rings. The fourth-order valence-electron chi connectivity index (χ4n) is 0.572. The van der Waals surface area contributed by atoms with E-state index in [9.17, 15) is 9.59 Å². The van der Waals surface area contributed by atoms with Crippen molar-refractivity contribution >= 4 is 12.1 Å². The molecule has 1 radical (unpaired) electrons. The predicted octanol–water partition coefficient (Wildman–Crippen LogP) is 0.410. The minimum Gasteiger partial charge on any atom is -0.480 e. The van der Waals surface area contributed by atoms with E-state index in [1.807, 2.05) is 0 Å². The molecule has 5 nitrogen and oxygen atoms in total. The Kier molecular flexibility index (Phi) is 4.83. The molecule has 0 fully saturated rings. The number of alkyl carbamates (subject to hydrolysis) is 1. The van der Waals surface area contributed by atoms with Crippen molar-refractivity contribution in [1.29, 1.82) is 0 Å². The summed E-state index contributed by atoms with van der Waals surface area (Å²) in [5.74, 6) is -1.11. The van der Waals surface area contributed by atoms with E-state index in [1.165, 1.54) is 0 Å². The standard InChI is InChI=1S/C7H12NO4/c1-3-5(6(9)10)8-7(11)12-4-2/h5H,1,3-4H2,2H3,(H,8,11)(H,9,10). The molecule has 0 heterocycles. The summed E-state index contributed by atoms with van der Waals surface area (Å²) < 4.78 is 4.48. The number of amides is 1. The Bertz CT molecular complexity index is 169. The highest BCUT2D eigenvalue weighted by Gasteiger charge is 2.17. The SMILES string of the molecule is [CH2]CC(NC(=O)OCC)C(=O)O. The van der Waals surface area contributed by atoms with Gasteiger partial charge in [-0.05, 0) is 13.3 Å². The van der Waals surface area contributed by atoms with Gasteiger partial charge in [-0.3, -0.25) is 0 Å². The molecule has 69 valence electrons. The van der Waals surface area contributed by atoms with E-state index >= 15 is 0 Å². The lowest BCUT2D eigenvalue weighted by Gasteiger charge is -2.10. The normalized spacial score (nSPS) is 11.8. The third-order valence-electron chi connectivity index (χ3n) is 1.15. The summed E-state index contributed by atoms with van der Waals surface area (Å²) in [4.78, 5) is 21.1. The molecule has 0 bridgehead atoms. The molecule has 1 atom stereocenters. The smallest absolute Gasteiger partial charge is 0.407 e. The summed E-state index contributed by atoms with van der Waals surface area (Å²) in [7, 11) is 0. The average molecular weight is 174 g/mol. The van der Waals surface area contributed by atoms with Crippen LogP contribution >= 0.6 is 0 Å². The second kappa shape index (κ2) is 5.40. The Balaban J connectivity index is 3.85. The second-order valence-electron chi connectivity index (χ2n) is 2.04. The molecule has 2 N–H and O–H groups in total. The number of ether oxygens (including phenoxy) is 1. The van der Waals surface area contributed by atoms with Gasteiger partial charge in [-0.2, -0.15) is 0 Å². The highest BCUT2D eigenvalue weighted by molar-refractivity contribution is 5.79. The highest BCUT2D eigenvalue weighted by atomic mass is 16.5. The summed E-state index contributed by atoms with van der Waals surface area (Å²) in [5, 5.41) is 10.6. The molecule has 0 aliphatic carbocycles. The fraction of sp³-hybridized carbons (Fsp3) is 0.571. The number of carbonyl (C=O) groups is 2. The first kappa shape index (κ1) is 10.7. The number of carbonyl (C=O) groups excluding carboxylic acids is 1. The number of hydrogen-bond acceptors (Lipinski definition) is 3. The topological polar surface area (TPSA) is 75.6 Å². The van der Waals surface area contributed by atoms with Crippen molar-refractivity contribution in [2.24, 2.45) is 0 Å². The van der Waals surface area contributed by atoms with Crippen LogP contribution in [0.5, 0.6) is 0 Å². The zero-order chi connectivity index (χ0) is 9.56. The third-order valence-corrected chi connectivity index (χ3v) is 1.15. The van der Waals surface area contributed by atoms with E-state index < -0.39 is 18.1 Å². The Morgan fingerprint density at radius 1 is 1.67 bits per heavy atom. The van der Waals surface area contributed by atoms with Crippen LogP contribution in [0.25, 0.3) is 0 Å². The molecule has 1 amide bonds. The van der Waals surface area contributed by atoms with Crippen molar-refractivity contribution in [3.8, 4) is 0 Å². The lowest BCUT2D eigenvalue weighted by atomic mass is 10.2. The van der Waals surface area contributed by atoms with E-state index in [-0.39, 0.29) is 13.0 Å². The molecule has 12 heavy (non-hydrogen) atoms. The highest BCUT2D eigenvalue weighted by Crippen LogP contribution is 1.91. The van der Waals surface area contributed by atoms with E-state index in [0.29, 0.717) is 0 Å². The molecular formula is C7H12NO4. The van der Waals surface area contributed by atoms with Gasteiger partial charge < -0.3 is 15.2 Å². The molecule has 0 aliphatic rings. The minimum atomic E-state index is -1.11. The summed E-state index contributed by atoms with van der Waals surface area (Å²) in [6.07, 6.45) is -0.637. The van der Waals surface area contributed by atoms with Gasteiger partial charge in [0.15, 0.2) is 0 Å². The molecule has 0 aliphatic heterocycles. The Morgan fingerprint density at radius 3 is 2.58 bits per heavy atom. The number of carboxylic acid groups (broad SMARTS) is 1. The molecule has 0 aromatic carbocycles. The van der Waals surface area contributed by atoms with Crippen molar-refractivity contribution in [3.63, 3.8) is 0 Å². The van der Waals surface area contributed by atoms with Crippen LogP contribution in [0.15, 0.2) is 0 Å². The van der Waals surface area contributed by atoms with Crippen molar-refractivity contribution < 1.29 is 19.4 Å². The van der Waals surface area contributed by atoms with Gasteiger partial charge in [0, 0.05) is 0 Å². The van der Waals surface area contributed by atoms with Crippen LogP contribution < -0.4 is 5.32 Å². The molecule has 0 spiro atoms. The Labute approximate surface area is 70.7 Å². The second-order valence-corrected chi connectivity index (χ2v) is 2.04. The summed E-state index contributed by atoms with van der Waals surface area (Å²) in [6, 6.07) is -0.968. The first-order valence-corrected chi connectivity index (χ1v) is 3.57. The van der Waals surface area contributed by atoms with E-state index in [0.717, 1.165) is 0 Å². The first-order valence-electron chi connectivity index (χ1n) is 3.57. The van der Waals surface area contributed by atoms with E-state index in [2.05, 4.69) is 17.0 Å². The monoisotopic (exact) mass is 174 g/mol. The summed E-state index contributed by atoms with van der Waals surface area (Å²) in [5.41, 5.74) is 0. The van der Waals surface area contributed by atoms with Gasteiger partial charge in [0.1, 0.15) is 6.04 Å². The van der Waals surface area contributed by atoms with Crippen molar-refractivity contribution in [1.82, 2.24) is 5.32 Å². The number of aliphatic carboxylic acids is 1. The number of hydrogen-bond donors (Lipinski definition) is 2.